The number of carbonyl (C=O) groups excluding carboxylic acids is 1. The minimum atomic E-state index is 0.0769. The van der Waals surface area contributed by atoms with E-state index in [2.05, 4.69) is 35.3 Å². The standard InChI is InChI=1S/C22H27N3O/c1-17(20-7-5-4-6-8-20)13-22(26)24-16-21(25(2)3)14-18-9-11-19(15-23)12-10-18/h4-12,17,21H,13-14,16H2,1-3H3,(H,24,26). The summed E-state index contributed by atoms with van der Waals surface area (Å²) in [5.41, 5.74) is 3.01. The summed E-state index contributed by atoms with van der Waals surface area (Å²) < 4.78 is 0. The predicted octanol–water partition coefficient (Wildman–Crippen LogP) is 3.34. The van der Waals surface area contributed by atoms with Gasteiger partial charge in [-0.3, -0.25) is 4.79 Å². The highest BCUT2D eigenvalue weighted by Crippen LogP contribution is 2.18. The summed E-state index contributed by atoms with van der Waals surface area (Å²) >= 11 is 0. The first-order valence-electron chi connectivity index (χ1n) is 8.96. The van der Waals surface area contributed by atoms with Gasteiger partial charge < -0.3 is 10.2 Å². The Morgan fingerprint density at radius 3 is 2.35 bits per heavy atom. The lowest BCUT2D eigenvalue weighted by Gasteiger charge is -2.25. The number of carbonyl (C=O) groups is 1. The van der Waals surface area contributed by atoms with Gasteiger partial charge in [0.15, 0.2) is 0 Å². The van der Waals surface area contributed by atoms with Crippen LogP contribution in [0.1, 0.15) is 36.0 Å². The van der Waals surface area contributed by atoms with E-state index in [1.54, 1.807) is 0 Å². The first kappa shape index (κ1) is 19.7. The number of rotatable bonds is 8. The van der Waals surface area contributed by atoms with Gasteiger partial charge in [-0.2, -0.15) is 5.26 Å². The molecule has 2 rings (SSSR count). The zero-order chi connectivity index (χ0) is 18.9. The summed E-state index contributed by atoms with van der Waals surface area (Å²) in [6.45, 7) is 2.68. The van der Waals surface area contributed by atoms with Gasteiger partial charge in [0.05, 0.1) is 11.6 Å². The lowest BCUT2D eigenvalue weighted by atomic mass is 9.97. The average Bonchev–Trinajstić information content (AvgIpc) is 2.66. The van der Waals surface area contributed by atoms with Gasteiger partial charge in [0.25, 0.3) is 0 Å². The van der Waals surface area contributed by atoms with Gasteiger partial charge in [-0.15, -0.1) is 0 Å². The second-order valence-corrected chi connectivity index (χ2v) is 6.95. The van der Waals surface area contributed by atoms with Crippen molar-refractivity contribution in [2.24, 2.45) is 0 Å². The van der Waals surface area contributed by atoms with Crippen molar-refractivity contribution in [3.05, 3.63) is 71.3 Å². The van der Waals surface area contributed by atoms with Crippen molar-refractivity contribution >= 4 is 5.91 Å². The van der Waals surface area contributed by atoms with Crippen LogP contribution in [0.4, 0.5) is 0 Å². The molecule has 0 radical (unpaired) electrons. The average molecular weight is 349 g/mol. The van der Waals surface area contributed by atoms with Gasteiger partial charge in [-0.05, 0) is 49.7 Å². The van der Waals surface area contributed by atoms with Crippen LogP contribution in [0.3, 0.4) is 0 Å². The normalized spacial score (nSPS) is 13.0. The van der Waals surface area contributed by atoms with E-state index in [1.807, 2.05) is 56.6 Å². The van der Waals surface area contributed by atoms with Crippen LogP contribution >= 0.6 is 0 Å². The maximum absolute atomic E-state index is 12.3. The second-order valence-electron chi connectivity index (χ2n) is 6.95. The van der Waals surface area contributed by atoms with E-state index in [0.29, 0.717) is 18.5 Å². The molecule has 2 aromatic carbocycles. The number of hydrogen-bond acceptors (Lipinski definition) is 3. The minimum absolute atomic E-state index is 0.0769. The van der Waals surface area contributed by atoms with Crippen molar-refractivity contribution in [1.29, 1.82) is 5.26 Å². The molecule has 0 aliphatic carbocycles. The lowest BCUT2D eigenvalue weighted by Crippen LogP contribution is -2.41. The van der Waals surface area contributed by atoms with Crippen molar-refractivity contribution in [2.75, 3.05) is 20.6 Å². The number of nitrogens with zero attached hydrogens (tertiary/aromatic N) is 2. The largest absolute Gasteiger partial charge is 0.355 e. The van der Waals surface area contributed by atoms with E-state index < -0.39 is 0 Å². The monoisotopic (exact) mass is 349 g/mol. The number of amides is 1. The second kappa shape index (κ2) is 9.74. The Kier molecular flexibility index (Phi) is 7.37. The first-order chi connectivity index (χ1) is 12.5. The molecule has 2 atom stereocenters. The highest BCUT2D eigenvalue weighted by atomic mass is 16.1. The fourth-order valence-electron chi connectivity index (χ4n) is 2.91. The van der Waals surface area contributed by atoms with Crippen molar-refractivity contribution < 1.29 is 4.79 Å². The third-order valence-corrected chi connectivity index (χ3v) is 4.68. The Morgan fingerprint density at radius 2 is 1.77 bits per heavy atom. The van der Waals surface area contributed by atoms with Crippen LogP contribution in [0.25, 0.3) is 0 Å². The Labute approximate surface area is 156 Å². The minimum Gasteiger partial charge on any atom is -0.355 e. The summed E-state index contributed by atoms with van der Waals surface area (Å²) in [5.74, 6) is 0.278. The van der Waals surface area contributed by atoms with Gasteiger partial charge in [-0.25, -0.2) is 0 Å². The quantitative estimate of drug-likeness (QED) is 0.795. The SMILES string of the molecule is CC(CC(=O)NCC(Cc1ccc(C#N)cc1)N(C)C)c1ccccc1. The maximum Gasteiger partial charge on any atom is 0.220 e. The maximum atomic E-state index is 12.3. The van der Waals surface area contributed by atoms with Gasteiger partial charge in [0, 0.05) is 19.0 Å². The Bertz CT molecular complexity index is 732. The molecule has 0 fully saturated rings. The van der Waals surface area contributed by atoms with E-state index in [0.717, 1.165) is 12.0 Å². The van der Waals surface area contributed by atoms with Gasteiger partial charge >= 0.3 is 0 Å². The molecule has 0 aliphatic heterocycles. The van der Waals surface area contributed by atoms with Crippen molar-refractivity contribution in [3.63, 3.8) is 0 Å². The van der Waals surface area contributed by atoms with E-state index in [-0.39, 0.29) is 17.9 Å². The predicted molar refractivity (Wildman–Crippen MR) is 105 cm³/mol. The molecule has 0 heterocycles. The Balaban J connectivity index is 1.87. The molecule has 26 heavy (non-hydrogen) atoms. The number of nitrogens with one attached hydrogen (secondary N) is 1. The summed E-state index contributed by atoms with van der Waals surface area (Å²) in [6, 6.07) is 20.1. The lowest BCUT2D eigenvalue weighted by molar-refractivity contribution is -0.121. The van der Waals surface area contributed by atoms with Gasteiger partial charge in [0.1, 0.15) is 0 Å². The van der Waals surface area contributed by atoms with Crippen LogP contribution in [0, 0.1) is 11.3 Å². The molecule has 2 unspecified atom stereocenters. The van der Waals surface area contributed by atoms with Crippen LogP contribution in [0.15, 0.2) is 54.6 Å². The molecule has 0 spiro atoms. The molecule has 0 aromatic heterocycles. The van der Waals surface area contributed by atoms with Crippen molar-refractivity contribution in [3.8, 4) is 6.07 Å². The molecule has 0 aliphatic rings. The molecule has 0 bridgehead atoms. The molecule has 4 nitrogen and oxygen atoms in total. The first-order valence-corrected chi connectivity index (χ1v) is 8.96. The Hall–Kier alpha value is -2.64. The van der Waals surface area contributed by atoms with Crippen molar-refractivity contribution in [2.45, 2.75) is 31.7 Å². The number of benzene rings is 2. The molecular formula is C22H27N3O. The molecular weight excluding hydrogens is 322 g/mol. The third kappa shape index (κ3) is 6.02. The molecule has 1 N–H and O–H groups in total. The summed E-state index contributed by atoms with van der Waals surface area (Å²) in [4.78, 5) is 14.4. The fourth-order valence-corrected chi connectivity index (χ4v) is 2.91. The number of likely N-dealkylation sites (N-methyl/N-ethyl adjacent to an activating group) is 1. The number of hydrogen-bond donors (Lipinski definition) is 1. The molecule has 136 valence electrons. The Morgan fingerprint density at radius 1 is 1.12 bits per heavy atom. The van der Waals surface area contributed by atoms with Crippen molar-refractivity contribution in [1.82, 2.24) is 10.2 Å². The number of nitriles is 1. The molecule has 1 amide bonds. The smallest absolute Gasteiger partial charge is 0.220 e. The van der Waals surface area contributed by atoms with E-state index in [9.17, 15) is 4.79 Å². The van der Waals surface area contributed by atoms with Crippen LogP contribution in [0.5, 0.6) is 0 Å². The molecule has 2 aromatic rings. The zero-order valence-corrected chi connectivity index (χ0v) is 15.8. The molecule has 0 saturated heterocycles. The summed E-state index contributed by atoms with van der Waals surface area (Å²) in [6.07, 6.45) is 1.31. The van der Waals surface area contributed by atoms with Crippen LogP contribution in [0.2, 0.25) is 0 Å². The zero-order valence-electron chi connectivity index (χ0n) is 15.8. The van der Waals surface area contributed by atoms with Gasteiger partial charge in [0.2, 0.25) is 5.91 Å². The van der Waals surface area contributed by atoms with E-state index in [1.165, 1.54) is 5.56 Å². The van der Waals surface area contributed by atoms with Gasteiger partial charge in [-0.1, -0.05) is 49.4 Å². The van der Waals surface area contributed by atoms with Crippen LogP contribution < -0.4 is 5.32 Å². The fraction of sp³-hybridized carbons (Fsp3) is 0.364. The summed E-state index contributed by atoms with van der Waals surface area (Å²) in [7, 11) is 4.04. The molecule has 4 heteroatoms. The topological polar surface area (TPSA) is 56.1 Å². The highest BCUT2D eigenvalue weighted by Gasteiger charge is 2.16. The van der Waals surface area contributed by atoms with E-state index >= 15 is 0 Å². The van der Waals surface area contributed by atoms with Crippen LogP contribution in [-0.4, -0.2) is 37.5 Å². The third-order valence-electron chi connectivity index (χ3n) is 4.68. The molecule has 0 saturated carbocycles. The van der Waals surface area contributed by atoms with Crippen LogP contribution in [-0.2, 0) is 11.2 Å². The summed E-state index contributed by atoms with van der Waals surface area (Å²) in [5, 5.41) is 12.0. The van der Waals surface area contributed by atoms with E-state index in [4.69, 9.17) is 5.26 Å². The highest BCUT2D eigenvalue weighted by molar-refractivity contribution is 5.76.